The second-order valence-corrected chi connectivity index (χ2v) is 11.0. The highest BCUT2D eigenvalue weighted by atomic mass is 79.9. The Morgan fingerprint density at radius 2 is 1.97 bits per heavy atom. The van der Waals surface area contributed by atoms with Crippen LogP contribution in [-0.4, -0.2) is 14.6 Å². The number of halogens is 3. The van der Waals surface area contributed by atoms with Gasteiger partial charge in [0.2, 0.25) is 4.96 Å². The van der Waals surface area contributed by atoms with Crippen LogP contribution in [0.2, 0.25) is 0 Å². The van der Waals surface area contributed by atoms with Crippen LogP contribution in [0.5, 0.6) is 0 Å². The van der Waals surface area contributed by atoms with E-state index in [2.05, 4.69) is 39.9 Å². The highest BCUT2D eigenvalue weighted by molar-refractivity contribution is 9.10. The lowest BCUT2D eigenvalue weighted by Gasteiger charge is -1.97. The number of furan rings is 1. The zero-order chi connectivity index (χ0) is 21.9. The van der Waals surface area contributed by atoms with E-state index in [1.807, 2.05) is 42.5 Å². The molecule has 3 aromatic heterocycles. The molecule has 5 rings (SSSR count). The Labute approximate surface area is 200 Å². The Balaban J connectivity index is 1.46. The van der Waals surface area contributed by atoms with Gasteiger partial charge in [0.15, 0.2) is 5.82 Å². The molecule has 0 bridgehead atoms. The van der Waals surface area contributed by atoms with Gasteiger partial charge in [0.1, 0.15) is 20.5 Å². The van der Waals surface area contributed by atoms with Crippen LogP contribution in [0.15, 0.2) is 60.7 Å². The van der Waals surface area contributed by atoms with Crippen LogP contribution in [-0.2, 0) is 0 Å². The molecule has 1 saturated carbocycles. The molecule has 0 N–H and O–H groups in total. The smallest absolute Gasteiger partial charge is 0.291 e. The minimum atomic E-state index is -0.207. The molecule has 1 aliphatic rings. The first-order chi connectivity index (χ1) is 14.7. The summed E-state index contributed by atoms with van der Waals surface area (Å²) < 4.78 is 9.03. The van der Waals surface area contributed by atoms with E-state index in [1.54, 1.807) is 6.08 Å². The minimum Gasteiger partial charge on any atom is -0.457 e. The summed E-state index contributed by atoms with van der Waals surface area (Å²) in [7, 11) is 0. The monoisotopic (exact) mass is 535 g/mol. The predicted octanol–water partition coefficient (Wildman–Crippen LogP) is 5.78. The predicted molar refractivity (Wildman–Crippen MR) is 128 cm³/mol. The molecule has 0 amide bonds. The largest absolute Gasteiger partial charge is 0.457 e. The van der Waals surface area contributed by atoms with Crippen LogP contribution in [0.25, 0.3) is 22.4 Å². The molecule has 3 heterocycles. The van der Waals surface area contributed by atoms with E-state index in [-0.39, 0.29) is 27.3 Å². The molecule has 0 unspecified atom stereocenters. The summed E-state index contributed by atoms with van der Waals surface area (Å²) in [6, 6.07) is 11.6. The zero-order valence-electron chi connectivity index (χ0n) is 16.5. The number of thiazole rings is 1. The quantitative estimate of drug-likeness (QED) is 0.331. The van der Waals surface area contributed by atoms with E-state index in [4.69, 9.17) is 27.6 Å². The fourth-order valence-corrected chi connectivity index (χ4v) is 5.36. The van der Waals surface area contributed by atoms with E-state index in [9.17, 15) is 4.79 Å². The number of aromatic nitrogens is 3. The number of benzene rings is 1. The summed E-state index contributed by atoms with van der Waals surface area (Å²) in [6.45, 7) is 4.23. The van der Waals surface area contributed by atoms with Gasteiger partial charge < -0.3 is 4.42 Å². The van der Waals surface area contributed by atoms with Crippen LogP contribution in [0.1, 0.15) is 31.4 Å². The van der Waals surface area contributed by atoms with Crippen LogP contribution in [0.3, 0.4) is 0 Å². The number of hydrogen-bond donors (Lipinski definition) is 0. The van der Waals surface area contributed by atoms with Gasteiger partial charge in [-0.15, -0.1) is 5.10 Å². The third-order valence-corrected chi connectivity index (χ3v) is 7.46. The maximum Gasteiger partial charge on any atom is 0.291 e. The summed E-state index contributed by atoms with van der Waals surface area (Å²) in [5.41, 5.74) is 0.702. The van der Waals surface area contributed by atoms with Crippen molar-refractivity contribution in [2.45, 2.75) is 19.8 Å². The third kappa shape index (κ3) is 3.78. The standard InChI is InChI=1S/C22H16BrCl2N3O2S/c1-22(2)14(10-17(24)25)18(22)19-26-21-28(27-19)20(29)16(31-21)9-13-7-8-15(30-13)11-3-5-12(23)6-4-11/h3-10,14,18H,1-2H3/b16-9+/t14-,18-/m0/s1. The molecular formula is C22H16BrCl2N3O2S. The van der Waals surface area contributed by atoms with E-state index < -0.39 is 0 Å². The molecule has 0 saturated heterocycles. The first-order valence-corrected chi connectivity index (χ1v) is 11.9. The Morgan fingerprint density at radius 1 is 1.23 bits per heavy atom. The molecule has 1 fully saturated rings. The van der Waals surface area contributed by atoms with Crippen molar-refractivity contribution in [1.82, 2.24) is 14.6 Å². The van der Waals surface area contributed by atoms with Crippen molar-refractivity contribution in [1.29, 1.82) is 0 Å². The Hall–Kier alpha value is -1.93. The normalized spacial score (nSPS) is 20.4. The zero-order valence-corrected chi connectivity index (χ0v) is 20.4. The number of allylic oxidation sites excluding steroid dienone is 1. The summed E-state index contributed by atoms with van der Waals surface area (Å²) in [6.07, 6.45) is 3.55. The van der Waals surface area contributed by atoms with Gasteiger partial charge in [0.25, 0.3) is 5.56 Å². The number of rotatable bonds is 4. The van der Waals surface area contributed by atoms with E-state index >= 15 is 0 Å². The summed E-state index contributed by atoms with van der Waals surface area (Å²) in [5.74, 6) is 2.21. The van der Waals surface area contributed by atoms with Gasteiger partial charge in [-0.25, -0.2) is 4.98 Å². The highest BCUT2D eigenvalue weighted by Crippen LogP contribution is 2.64. The van der Waals surface area contributed by atoms with Gasteiger partial charge in [0.05, 0.1) is 0 Å². The molecule has 9 heteroatoms. The van der Waals surface area contributed by atoms with Gasteiger partial charge in [-0.2, -0.15) is 4.52 Å². The first kappa shape index (κ1) is 20.9. The van der Waals surface area contributed by atoms with Crippen molar-refractivity contribution in [2.75, 3.05) is 0 Å². The molecule has 5 nitrogen and oxygen atoms in total. The summed E-state index contributed by atoms with van der Waals surface area (Å²) in [4.78, 5) is 18.0. The van der Waals surface area contributed by atoms with Gasteiger partial charge in [-0.1, -0.05) is 76.4 Å². The molecule has 0 radical (unpaired) electrons. The van der Waals surface area contributed by atoms with Crippen molar-refractivity contribution in [3.63, 3.8) is 0 Å². The second kappa shape index (κ2) is 7.59. The van der Waals surface area contributed by atoms with Crippen LogP contribution >= 0.6 is 50.5 Å². The molecule has 31 heavy (non-hydrogen) atoms. The van der Waals surface area contributed by atoms with E-state index in [1.165, 1.54) is 15.9 Å². The summed E-state index contributed by atoms with van der Waals surface area (Å²) in [5, 5.41) is 4.48. The average Bonchev–Trinajstić information content (AvgIpc) is 3.17. The highest BCUT2D eigenvalue weighted by Gasteiger charge is 2.59. The topological polar surface area (TPSA) is 60.4 Å². The van der Waals surface area contributed by atoms with Gasteiger partial charge in [-0.3, -0.25) is 4.79 Å². The lowest BCUT2D eigenvalue weighted by molar-refractivity contribution is 0.571. The van der Waals surface area contributed by atoms with E-state index in [0.29, 0.717) is 21.1 Å². The maximum atomic E-state index is 12.9. The molecule has 1 aromatic carbocycles. The Kier molecular flexibility index (Phi) is 5.13. The molecule has 0 aliphatic heterocycles. The first-order valence-electron chi connectivity index (χ1n) is 9.54. The number of fused-ring (bicyclic) bond motifs is 1. The summed E-state index contributed by atoms with van der Waals surface area (Å²) >= 11 is 16.4. The van der Waals surface area contributed by atoms with Crippen LogP contribution in [0, 0.1) is 11.3 Å². The van der Waals surface area contributed by atoms with Crippen molar-refractivity contribution < 1.29 is 4.42 Å². The number of nitrogens with zero attached hydrogens (tertiary/aromatic N) is 3. The molecule has 4 aromatic rings. The van der Waals surface area contributed by atoms with E-state index in [0.717, 1.165) is 15.8 Å². The Bertz CT molecular complexity index is 1430. The second-order valence-electron chi connectivity index (χ2n) is 8.07. The van der Waals surface area contributed by atoms with Crippen molar-refractivity contribution in [3.8, 4) is 11.3 Å². The molecule has 158 valence electrons. The molecular weight excluding hydrogens is 521 g/mol. The van der Waals surface area contributed by atoms with Gasteiger partial charge in [-0.05, 0) is 41.7 Å². The van der Waals surface area contributed by atoms with Gasteiger partial charge >= 0.3 is 0 Å². The lowest BCUT2D eigenvalue weighted by atomic mass is 10.1. The van der Waals surface area contributed by atoms with Crippen molar-refractivity contribution >= 4 is 61.5 Å². The number of hydrogen-bond acceptors (Lipinski definition) is 5. The molecule has 1 aliphatic carbocycles. The van der Waals surface area contributed by atoms with Crippen molar-refractivity contribution in [2.24, 2.45) is 11.3 Å². The fraction of sp³-hybridized carbons (Fsp3) is 0.227. The van der Waals surface area contributed by atoms with Crippen LogP contribution < -0.4 is 10.1 Å². The minimum absolute atomic E-state index is 0.0539. The SMILES string of the molecule is CC1(C)[C@H](c2nc3s/c(=C/c4ccc(-c5ccc(Br)cc5)o4)c(=O)n3n2)[C@@H]1C=C(Cl)Cl. The maximum absolute atomic E-state index is 12.9. The lowest BCUT2D eigenvalue weighted by Crippen LogP contribution is -2.23. The third-order valence-electron chi connectivity index (χ3n) is 5.72. The van der Waals surface area contributed by atoms with Crippen LogP contribution in [0.4, 0.5) is 0 Å². The average molecular weight is 537 g/mol. The molecule has 2 atom stereocenters. The van der Waals surface area contributed by atoms with Gasteiger partial charge in [0, 0.05) is 22.0 Å². The molecule has 0 spiro atoms. The van der Waals surface area contributed by atoms with Crippen molar-refractivity contribution in [3.05, 3.63) is 77.9 Å². The Morgan fingerprint density at radius 3 is 2.65 bits per heavy atom. The fourth-order valence-electron chi connectivity index (χ4n) is 3.93.